The molecule has 1 aliphatic heterocycles. The number of rotatable bonds is 7. The van der Waals surface area contributed by atoms with Crippen molar-refractivity contribution in [3.63, 3.8) is 0 Å². The fourth-order valence-corrected chi connectivity index (χ4v) is 4.28. The molecule has 0 bridgehead atoms. The highest BCUT2D eigenvalue weighted by atomic mass is 35.5. The number of carbonyl (C=O) groups is 2. The number of carbonyl (C=O) groups excluding carboxylic acids is 2. The number of amides is 2. The minimum absolute atomic E-state index is 0.0798. The molecule has 0 unspecified atom stereocenters. The molecule has 4 rings (SSSR count). The zero-order chi connectivity index (χ0) is 26.9. The summed E-state index contributed by atoms with van der Waals surface area (Å²) in [5.41, 5.74) is 2.02. The molecule has 1 aromatic heterocycles. The van der Waals surface area contributed by atoms with Crippen LogP contribution in [0.25, 0.3) is 11.3 Å². The quantitative estimate of drug-likeness (QED) is 0.424. The van der Waals surface area contributed by atoms with Crippen molar-refractivity contribution >= 4 is 29.4 Å². The number of alkyl halides is 3. The van der Waals surface area contributed by atoms with Gasteiger partial charge in [-0.15, -0.1) is 0 Å². The van der Waals surface area contributed by atoms with Gasteiger partial charge >= 0.3 is 6.18 Å². The van der Waals surface area contributed by atoms with Gasteiger partial charge in [0.05, 0.1) is 23.0 Å². The van der Waals surface area contributed by atoms with Gasteiger partial charge in [-0.1, -0.05) is 54.1 Å². The van der Waals surface area contributed by atoms with Gasteiger partial charge in [-0.2, -0.15) is 13.2 Å². The zero-order valence-corrected chi connectivity index (χ0v) is 20.5. The summed E-state index contributed by atoms with van der Waals surface area (Å²) < 4.78 is 40.0. The Bertz CT molecular complexity index is 1320. The molecule has 12 heteroatoms. The van der Waals surface area contributed by atoms with Crippen LogP contribution in [0, 0.1) is 0 Å². The van der Waals surface area contributed by atoms with Crippen LogP contribution in [0.5, 0.6) is 0 Å². The maximum atomic E-state index is 13.3. The first kappa shape index (κ1) is 26.4. The lowest BCUT2D eigenvalue weighted by atomic mass is 10.0. The lowest BCUT2D eigenvalue weighted by molar-refractivity contribution is -0.213. The monoisotopic (exact) mass is 533 g/mol. The Morgan fingerprint density at radius 2 is 1.89 bits per heavy atom. The first-order valence-electron chi connectivity index (χ1n) is 11.3. The average Bonchev–Trinajstić information content (AvgIpc) is 3.22. The van der Waals surface area contributed by atoms with E-state index in [0.717, 1.165) is 0 Å². The number of nitrogens with zero attached hydrogens (tertiary/aromatic N) is 3. The van der Waals surface area contributed by atoms with E-state index in [4.69, 9.17) is 11.6 Å². The fraction of sp³-hybridized carbons (Fsp3) is 0.280. The third-order valence-electron chi connectivity index (χ3n) is 6.14. The molecule has 2 aromatic carbocycles. The number of fused-ring (bicyclic) bond motifs is 1. The molecule has 0 saturated carbocycles. The standard InChI is InChI=1S/C25H23ClF3N5O3/c1-13(22(36)32-20(21(35)25(27,28)29)14-6-4-3-5-7-14)34-12-16-9-8-15(10-17(16)23(34)37)19-18(26)11-31-24(30-2)33-19/h3-11,13,20-21,35H,12H2,1-2H3,(H,32,36)(H,30,31,33)/t13-,20-,21+/m1/s1. The van der Waals surface area contributed by atoms with Crippen LogP contribution in [-0.2, 0) is 11.3 Å². The zero-order valence-electron chi connectivity index (χ0n) is 19.8. The molecule has 2 amide bonds. The minimum Gasteiger partial charge on any atom is -0.381 e. The summed E-state index contributed by atoms with van der Waals surface area (Å²) in [6, 6.07) is 9.55. The highest BCUT2D eigenvalue weighted by Crippen LogP contribution is 2.33. The number of benzene rings is 2. The second-order valence-corrected chi connectivity index (χ2v) is 8.91. The number of nitrogens with one attached hydrogen (secondary N) is 2. The van der Waals surface area contributed by atoms with Crippen molar-refractivity contribution in [2.45, 2.75) is 37.8 Å². The van der Waals surface area contributed by atoms with E-state index in [2.05, 4.69) is 20.6 Å². The summed E-state index contributed by atoms with van der Waals surface area (Å²) >= 11 is 6.25. The Labute approximate surface area is 215 Å². The van der Waals surface area contributed by atoms with Gasteiger partial charge in [-0.3, -0.25) is 9.59 Å². The number of aliphatic hydroxyl groups is 1. The highest BCUT2D eigenvalue weighted by molar-refractivity contribution is 6.33. The molecular weight excluding hydrogens is 511 g/mol. The maximum Gasteiger partial charge on any atom is 0.416 e. The lowest BCUT2D eigenvalue weighted by Gasteiger charge is -2.30. The Kier molecular flexibility index (Phi) is 7.37. The average molecular weight is 534 g/mol. The molecule has 0 saturated heterocycles. The van der Waals surface area contributed by atoms with E-state index >= 15 is 0 Å². The molecule has 0 radical (unpaired) electrons. The third kappa shape index (κ3) is 5.37. The van der Waals surface area contributed by atoms with Crippen LogP contribution in [0.1, 0.15) is 34.5 Å². The molecular formula is C25H23ClF3N5O3. The number of aromatic nitrogens is 2. The van der Waals surface area contributed by atoms with E-state index in [1.54, 1.807) is 31.3 Å². The number of aliphatic hydroxyl groups excluding tert-OH is 1. The van der Waals surface area contributed by atoms with Crippen LogP contribution >= 0.6 is 11.6 Å². The normalized spacial score (nSPS) is 15.6. The van der Waals surface area contributed by atoms with E-state index in [-0.39, 0.29) is 17.1 Å². The van der Waals surface area contributed by atoms with Gasteiger partial charge < -0.3 is 20.6 Å². The van der Waals surface area contributed by atoms with Crippen LogP contribution in [0.3, 0.4) is 0 Å². The molecule has 0 aliphatic carbocycles. The van der Waals surface area contributed by atoms with E-state index in [9.17, 15) is 27.9 Å². The number of halogens is 4. The first-order valence-corrected chi connectivity index (χ1v) is 11.6. The summed E-state index contributed by atoms with van der Waals surface area (Å²) in [5, 5.41) is 15.3. The molecule has 3 aromatic rings. The molecule has 0 spiro atoms. The second kappa shape index (κ2) is 10.3. The number of hydrogen-bond acceptors (Lipinski definition) is 6. The Hall–Kier alpha value is -3.70. The smallest absolute Gasteiger partial charge is 0.381 e. The maximum absolute atomic E-state index is 13.3. The van der Waals surface area contributed by atoms with Crippen LogP contribution < -0.4 is 10.6 Å². The number of anilines is 1. The number of hydrogen-bond donors (Lipinski definition) is 3. The summed E-state index contributed by atoms with van der Waals surface area (Å²) in [4.78, 5) is 35.9. The summed E-state index contributed by atoms with van der Waals surface area (Å²) in [5.74, 6) is -0.964. The molecule has 194 valence electrons. The van der Waals surface area contributed by atoms with Crippen molar-refractivity contribution in [2.24, 2.45) is 0 Å². The van der Waals surface area contributed by atoms with Crippen molar-refractivity contribution in [3.05, 3.63) is 76.4 Å². The van der Waals surface area contributed by atoms with E-state index < -0.39 is 36.2 Å². The van der Waals surface area contributed by atoms with Gasteiger partial charge in [-0.05, 0) is 24.1 Å². The summed E-state index contributed by atoms with van der Waals surface area (Å²) in [6.07, 6.45) is -6.37. The second-order valence-electron chi connectivity index (χ2n) is 8.50. The van der Waals surface area contributed by atoms with Crippen molar-refractivity contribution < 1.29 is 27.9 Å². The fourth-order valence-electron chi connectivity index (χ4n) is 4.08. The van der Waals surface area contributed by atoms with Gasteiger partial charge in [0.1, 0.15) is 6.04 Å². The van der Waals surface area contributed by atoms with Crippen LogP contribution in [0.15, 0.2) is 54.7 Å². The molecule has 3 N–H and O–H groups in total. The Balaban J connectivity index is 1.56. The van der Waals surface area contributed by atoms with Gasteiger partial charge in [0, 0.05) is 24.7 Å². The molecule has 3 atom stereocenters. The molecule has 0 fully saturated rings. The van der Waals surface area contributed by atoms with Crippen molar-refractivity contribution in [2.75, 3.05) is 12.4 Å². The van der Waals surface area contributed by atoms with Crippen molar-refractivity contribution in [3.8, 4) is 11.3 Å². The molecule has 8 nitrogen and oxygen atoms in total. The van der Waals surface area contributed by atoms with Crippen LogP contribution in [0.2, 0.25) is 5.02 Å². The highest BCUT2D eigenvalue weighted by Gasteiger charge is 2.45. The van der Waals surface area contributed by atoms with Crippen LogP contribution in [0.4, 0.5) is 19.1 Å². The first-order chi connectivity index (χ1) is 17.5. The van der Waals surface area contributed by atoms with E-state index in [1.807, 2.05) is 0 Å². The Morgan fingerprint density at radius 3 is 2.54 bits per heavy atom. The van der Waals surface area contributed by atoms with Crippen molar-refractivity contribution in [1.29, 1.82) is 0 Å². The third-order valence-corrected chi connectivity index (χ3v) is 6.41. The molecule has 37 heavy (non-hydrogen) atoms. The van der Waals surface area contributed by atoms with Crippen molar-refractivity contribution in [1.82, 2.24) is 20.2 Å². The van der Waals surface area contributed by atoms with Gasteiger partial charge in [0.2, 0.25) is 11.9 Å². The predicted octanol–water partition coefficient (Wildman–Crippen LogP) is 3.96. The molecule has 2 heterocycles. The SMILES string of the molecule is CNc1ncc(Cl)c(-c2ccc3c(c2)C(=O)N([C@H](C)C(=O)N[C@H](c2ccccc2)[C@H](O)C(F)(F)F)C3)n1. The van der Waals surface area contributed by atoms with Gasteiger partial charge in [0.15, 0.2) is 6.10 Å². The summed E-state index contributed by atoms with van der Waals surface area (Å²) in [6.45, 7) is 1.50. The van der Waals surface area contributed by atoms with Gasteiger partial charge in [-0.25, -0.2) is 9.97 Å². The predicted molar refractivity (Wildman–Crippen MR) is 131 cm³/mol. The summed E-state index contributed by atoms with van der Waals surface area (Å²) in [7, 11) is 1.65. The largest absolute Gasteiger partial charge is 0.416 e. The topological polar surface area (TPSA) is 107 Å². The van der Waals surface area contributed by atoms with Gasteiger partial charge in [0.25, 0.3) is 5.91 Å². The minimum atomic E-state index is -4.97. The lowest BCUT2D eigenvalue weighted by Crippen LogP contribution is -2.50. The van der Waals surface area contributed by atoms with E-state index in [0.29, 0.717) is 28.3 Å². The Morgan fingerprint density at radius 1 is 1.19 bits per heavy atom. The van der Waals surface area contributed by atoms with Crippen LogP contribution in [-0.4, -0.2) is 57.2 Å². The van der Waals surface area contributed by atoms with E-state index in [1.165, 1.54) is 42.3 Å². The molecule has 1 aliphatic rings.